The summed E-state index contributed by atoms with van der Waals surface area (Å²) in [5.74, 6) is 0. The molecule has 0 saturated carbocycles. The molecule has 0 amide bonds. The van der Waals surface area contributed by atoms with Crippen molar-refractivity contribution in [1.82, 2.24) is 14.4 Å². The van der Waals surface area contributed by atoms with Gasteiger partial charge in [0.15, 0.2) is 7.51 Å². The minimum absolute atomic E-state index is 1.09. The van der Waals surface area contributed by atoms with Crippen LogP contribution in [0.2, 0.25) is 0 Å². The molecule has 1 rings (SSSR count). The summed E-state index contributed by atoms with van der Waals surface area (Å²) in [4.78, 5) is 0. The van der Waals surface area contributed by atoms with E-state index in [0.717, 1.165) is 13.1 Å². The first-order chi connectivity index (χ1) is 5.63. The van der Waals surface area contributed by atoms with Gasteiger partial charge in [-0.25, -0.2) is 4.67 Å². The van der Waals surface area contributed by atoms with E-state index in [4.69, 9.17) is 0 Å². The van der Waals surface area contributed by atoms with Gasteiger partial charge < -0.3 is 0 Å². The molecule has 1 N–H and O–H groups in total. The molecule has 0 aliphatic carbocycles. The summed E-state index contributed by atoms with van der Waals surface area (Å²) in [5.41, 5.74) is 0. The van der Waals surface area contributed by atoms with Crippen LogP contribution in [0.4, 0.5) is 0 Å². The molecule has 1 saturated heterocycles. The fraction of sp³-hybridized carbons (Fsp3) is 1.00. The summed E-state index contributed by atoms with van der Waals surface area (Å²) in [7, 11) is 6.74. The summed E-state index contributed by atoms with van der Waals surface area (Å²) >= 11 is 0. The number of hydrogen-bond acceptors (Lipinski definition) is 1. The van der Waals surface area contributed by atoms with Crippen LogP contribution in [0.5, 0.6) is 0 Å². The highest BCUT2D eigenvalue weighted by atomic mass is 31.2. The number of nitrogens with one attached hydrogen (secondary N) is 1. The molecular formula is C7H19N4P. The van der Waals surface area contributed by atoms with Crippen molar-refractivity contribution in [2.75, 3.05) is 41.3 Å². The molecule has 1 aliphatic heterocycles. The van der Waals surface area contributed by atoms with E-state index >= 15 is 0 Å². The molecule has 5 heteroatoms. The van der Waals surface area contributed by atoms with Gasteiger partial charge in [-0.15, -0.1) is 0 Å². The maximum Gasteiger partial charge on any atom is 0.164 e. The molecule has 0 aromatic rings. The van der Waals surface area contributed by atoms with Gasteiger partial charge in [-0.05, 0) is 27.6 Å². The van der Waals surface area contributed by atoms with Crippen LogP contribution >= 0.6 is 7.51 Å². The van der Waals surface area contributed by atoms with Crippen molar-refractivity contribution in [3.63, 3.8) is 0 Å². The second-order valence-electron chi connectivity index (χ2n) is 3.26. The van der Waals surface area contributed by atoms with Crippen LogP contribution in [0.25, 0.3) is 0 Å². The average molecular weight is 190 g/mol. The monoisotopic (exact) mass is 190 g/mol. The third kappa shape index (κ3) is 1.57. The van der Waals surface area contributed by atoms with Crippen LogP contribution in [0.3, 0.4) is 0 Å². The summed E-state index contributed by atoms with van der Waals surface area (Å²) < 4.78 is 9.07. The van der Waals surface area contributed by atoms with E-state index in [0.29, 0.717) is 0 Å². The largest absolute Gasteiger partial charge is 0.264 e. The predicted molar refractivity (Wildman–Crippen MR) is 54.2 cm³/mol. The van der Waals surface area contributed by atoms with E-state index in [1.807, 2.05) is 7.05 Å². The zero-order valence-corrected chi connectivity index (χ0v) is 9.30. The Balaban J connectivity index is 2.90. The van der Waals surface area contributed by atoms with Crippen molar-refractivity contribution in [1.29, 1.82) is 0 Å². The van der Waals surface area contributed by atoms with Crippen molar-refractivity contribution in [2.45, 2.75) is 6.42 Å². The van der Waals surface area contributed by atoms with Gasteiger partial charge in [0.2, 0.25) is 0 Å². The summed E-state index contributed by atoms with van der Waals surface area (Å²) in [6.45, 7) is 2.24. The first-order valence-electron chi connectivity index (χ1n) is 4.28. The second kappa shape index (κ2) is 3.88. The van der Waals surface area contributed by atoms with Crippen molar-refractivity contribution < 1.29 is 0 Å². The molecule has 72 valence electrons. The van der Waals surface area contributed by atoms with E-state index in [-0.39, 0.29) is 0 Å². The smallest absolute Gasteiger partial charge is 0.164 e. The maximum atomic E-state index is 4.51. The molecule has 1 aliphatic rings. The molecule has 4 nitrogen and oxygen atoms in total. The van der Waals surface area contributed by atoms with Crippen molar-refractivity contribution in [3.8, 4) is 0 Å². The van der Waals surface area contributed by atoms with E-state index < -0.39 is 7.51 Å². The van der Waals surface area contributed by atoms with Crippen LogP contribution in [0.15, 0.2) is 4.74 Å². The standard InChI is InChI=1S/C7H19N4P/c1-8-12(10(2)3)9-6-5-7-11(12)4/h9H,5-7H2,1-4H3. The summed E-state index contributed by atoms with van der Waals surface area (Å²) in [6.07, 6.45) is 1.22. The molecule has 1 heterocycles. The zero-order chi connectivity index (χ0) is 9.19. The molecular weight excluding hydrogens is 171 g/mol. The topological polar surface area (TPSA) is 30.9 Å². The van der Waals surface area contributed by atoms with Gasteiger partial charge in [0.05, 0.1) is 0 Å². The summed E-state index contributed by atoms with van der Waals surface area (Å²) in [6, 6.07) is 0. The Morgan fingerprint density at radius 2 is 2.17 bits per heavy atom. The highest BCUT2D eigenvalue weighted by Crippen LogP contribution is 2.50. The van der Waals surface area contributed by atoms with Crippen LogP contribution in [-0.2, 0) is 0 Å². The van der Waals surface area contributed by atoms with Gasteiger partial charge >= 0.3 is 0 Å². The number of rotatable bonds is 1. The number of hydrogen-bond donors (Lipinski definition) is 1. The van der Waals surface area contributed by atoms with E-state index in [9.17, 15) is 0 Å². The summed E-state index contributed by atoms with van der Waals surface area (Å²) in [5, 5.41) is 3.53. The normalized spacial score (nSPS) is 32.4. The maximum absolute atomic E-state index is 4.51. The number of nitrogens with zero attached hydrogens (tertiary/aromatic N) is 3. The highest BCUT2D eigenvalue weighted by Gasteiger charge is 2.28. The highest BCUT2D eigenvalue weighted by molar-refractivity contribution is 7.59. The Hall–Kier alpha value is 0.110. The Bertz CT molecular complexity index is 202. The first kappa shape index (κ1) is 10.2. The van der Waals surface area contributed by atoms with Crippen LogP contribution in [0, 0.1) is 0 Å². The molecule has 1 unspecified atom stereocenters. The molecule has 0 aromatic carbocycles. The van der Waals surface area contributed by atoms with E-state index in [1.54, 1.807) is 0 Å². The van der Waals surface area contributed by atoms with Crippen LogP contribution in [-0.4, -0.2) is 50.6 Å². The van der Waals surface area contributed by atoms with E-state index in [1.165, 1.54) is 6.42 Å². The second-order valence-corrected chi connectivity index (χ2v) is 6.59. The minimum atomic E-state index is -1.49. The van der Waals surface area contributed by atoms with Gasteiger partial charge in [0.1, 0.15) is 0 Å². The van der Waals surface area contributed by atoms with Gasteiger partial charge in [-0.1, -0.05) is 0 Å². The van der Waals surface area contributed by atoms with Gasteiger partial charge in [-0.2, -0.15) is 0 Å². The molecule has 1 atom stereocenters. The molecule has 1 fully saturated rings. The first-order valence-corrected chi connectivity index (χ1v) is 5.93. The van der Waals surface area contributed by atoms with Crippen LogP contribution < -0.4 is 5.09 Å². The Kier molecular flexibility index (Phi) is 3.29. The lowest BCUT2D eigenvalue weighted by Gasteiger charge is -2.41. The fourth-order valence-electron chi connectivity index (χ4n) is 1.65. The quantitative estimate of drug-likeness (QED) is 0.627. The Morgan fingerprint density at radius 3 is 2.50 bits per heavy atom. The lowest BCUT2D eigenvalue weighted by Crippen LogP contribution is -2.39. The van der Waals surface area contributed by atoms with E-state index in [2.05, 4.69) is 40.3 Å². The molecule has 12 heavy (non-hydrogen) atoms. The Labute approximate surface area is 75.2 Å². The third-order valence-electron chi connectivity index (χ3n) is 2.30. The lowest BCUT2D eigenvalue weighted by molar-refractivity contribution is 0.434. The zero-order valence-electron chi connectivity index (χ0n) is 8.41. The van der Waals surface area contributed by atoms with Gasteiger partial charge in [0.25, 0.3) is 0 Å². The predicted octanol–water partition coefficient (Wildman–Crippen LogP) is 1.05. The molecule has 0 spiro atoms. The van der Waals surface area contributed by atoms with Crippen molar-refractivity contribution in [3.05, 3.63) is 0 Å². The average Bonchev–Trinajstić information content (AvgIpc) is 2.05. The SMILES string of the molecule is CN=P1(N(C)C)NCCCN1C. The molecule has 0 bridgehead atoms. The fourth-order valence-corrected chi connectivity index (χ4v) is 4.46. The van der Waals surface area contributed by atoms with Crippen molar-refractivity contribution >= 4 is 7.51 Å². The third-order valence-corrected chi connectivity index (χ3v) is 5.77. The van der Waals surface area contributed by atoms with Gasteiger partial charge in [0, 0.05) is 20.1 Å². The van der Waals surface area contributed by atoms with Gasteiger partial charge in [-0.3, -0.25) is 14.5 Å². The van der Waals surface area contributed by atoms with Crippen LogP contribution in [0.1, 0.15) is 6.42 Å². The molecule has 0 radical (unpaired) electrons. The minimum Gasteiger partial charge on any atom is -0.264 e. The van der Waals surface area contributed by atoms with Crippen molar-refractivity contribution in [2.24, 2.45) is 4.74 Å². The lowest BCUT2D eigenvalue weighted by atomic mass is 10.4. The Morgan fingerprint density at radius 1 is 1.50 bits per heavy atom. The molecule has 0 aromatic heterocycles.